The summed E-state index contributed by atoms with van der Waals surface area (Å²) in [6, 6.07) is 4.79. The third-order valence-electron chi connectivity index (χ3n) is 3.06. The molecule has 0 radical (unpaired) electrons. The summed E-state index contributed by atoms with van der Waals surface area (Å²) in [6.07, 6.45) is 0. The summed E-state index contributed by atoms with van der Waals surface area (Å²) in [5.74, 6) is -0.416. The van der Waals surface area contributed by atoms with Crippen LogP contribution in [0.2, 0.25) is 0 Å². The normalized spacial score (nSPS) is 13.2. The smallest absolute Gasteiger partial charge is 0.165 e. The average Bonchev–Trinajstić information content (AvgIpc) is 2.40. The Kier molecular flexibility index (Phi) is 6.42. The largest absolute Gasteiger partial charge is 0.489 e. The van der Waals surface area contributed by atoms with Crippen LogP contribution < -0.4 is 10.1 Å². The predicted molar refractivity (Wildman–Crippen MR) is 78.3 cm³/mol. The van der Waals surface area contributed by atoms with E-state index in [9.17, 15) is 12.8 Å². The summed E-state index contributed by atoms with van der Waals surface area (Å²) in [5.41, 5.74) is 0.831. The van der Waals surface area contributed by atoms with Gasteiger partial charge < -0.3 is 10.1 Å². The van der Waals surface area contributed by atoms with Crippen molar-refractivity contribution in [3.63, 3.8) is 0 Å². The Hall–Kier alpha value is -1.14. The van der Waals surface area contributed by atoms with E-state index in [1.165, 1.54) is 12.1 Å². The van der Waals surface area contributed by atoms with E-state index in [-0.39, 0.29) is 29.9 Å². The second-order valence-corrected chi connectivity index (χ2v) is 7.03. The third-order valence-corrected chi connectivity index (χ3v) is 4.73. The van der Waals surface area contributed by atoms with E-state index >= 15 is 0 Å². The second-order valence-electron chi connectivity index (χ2n) is 4.55. The van der Waals surface area contributed by atoms with Crippen molar-refractivity contribution in [1.82, 2.24) is 5.32 Å². The molecule has 20 heavy (non-hydrogen) atoms. The molecule has 0 saturated heterocycles. The van der Waals surface area contributed by atoms with Gasteiger partial charge in [0.2, 0.25) is 0 Å². The molecule has 114 valence electrons. The maximum atomic E-state index is 13.9. The molecule has 0 aliphatic heterocycles. The van der Waals surface area contributed by atoms with Crippen LogP contribution in [-0.2, 0) is 9.84 Å². The van der Waals surface area contributed by atoms with Crippen molar-refractivity contribution in [2.75, 3.05) is 24.7 Å². The topological polar surface area (TPSA) is 55.4 Å². The van der Waals surface area contributed by atoms with E-state index in [0.29, 0.717) is 0 Å². The highest BCUT2D eigenvalue weighted by molar-refractivity contribution is 7.91. The quantitative estimate of drug-likeness (QED) is 0.800. The molecule has 1 unspecified atom stereocenters. The summed E-state index contributed by atoms with van der Waals surface area (Å²) < 4.78 is 41.7. The molecule has 0 amide bonds. The predicted octanol–water partition coefficient (Wildman–Crippen LogP) is 2.31. The summed E-state index contributed by atoms with van der Waals surface area (Å²) in [4.78, 5) is 0. The molecule has 1 aromatic rings. The van der Waals surface area contributed by atoms with Crippen molar-refractivity contribution < 1.29 is 17.5 Å². The molecule has 0 spiro atoms. The fraction of sp³-hybridized carbons (Fsp3) is 0.571. The summed E-state index contributed by atoms with van der Waals surface area (Å²) in [7, 11) is -3.09. The van der Waals surface area contributed by atoms with Crippen molar-refractivity contribution in [2.45, 2.75) is 26.8 Å². The van der Waals surface area contributed by atoms with Gasteiger partial charge in [0.1, 0.15) is 6.61 Å². The van der Waals surface area contributed by atoms with Crippen LogP contribution in [0.1, 0.15) is 32.4 Å². The van der Waals surface area contributed by atoms with Crippen LogP contribution in [0.25, 0.3) is 0 Å². The van der Waals surface area contributed by atoms with Crippen LogP contribution >= 0.6 is 0 Å². The number of hydrogen-bond donors (Lipinski definition) is 1. The van der Waals surface area contributed by atoms with Gasteiger partial charge in [-0.15, -0.1) is 0 Å². The lowest BCUT2D eigenvalue weighted by Crippen LogP contribution is -2.18. The fourth-order valence-electron chi connectivity index (χ4n) is 1.75. The summed E-state index contributed by atoms with van der Waals surface area (Å²) in [6.45, 7) is 6.28. The molecule has 4 nitrogen and oxygen atoms in total. The average molecular weight is 303 g/mol. The number of rotatable bonds is 8. The Morgan fingerprint density at radius 3 is 2.60 bits per heavy atom. The number of nitrogens with one attached hydrogen (secondary N) is 1. The lowest BCUT2D eigenvalue weighted by atomic mass is 10.1. The van der Waals surface area contributed by atoms with Crippen molar-refractivity contribution in [2.24, 2.45) is 0 Å². The number of ether oxygens (including phenoxy) is 1. The first-order valence-electron chi connectivity index (χ1n) is 6.75. The molecule has 0 aromatic heterocycles. The molecular formula is C14H22FNO3S. The number of hydrogen-bond acceptors (Lipinski definition) is 4. The van der Waals surface area contributed by atoms with Gasteiger partial charge in [0.15, 0.2) is 21.4 Å². The fourth-order valence-corrected chi connectivity index (χ4v) is 2.38. The first-order chi connectivity index (χ1) is 9.39. The minimum atomic E-state index is -3.09. The maximum Gasteiger partial charge on any atom is 0.165 e. The van der Waals surface area contributed by atoms with Gasteiger partial charge in [-0.2, -0.15) is 0 Å². The minimum Gasteiger partial charge on any atom is -0.489 e. The Bertz CT molecular complexity index is 531. The second kappa shape index (κ2) is 7.59. The van der Waals surface area contributed by atoms with E-state index in [1.54, 1.807) is 13.0 Å². The van der Waals surface area contributed by atoms with Crippen LogP contribution in [0.4, 0.5) is 4.39 Å². The highest BCUT2D eigenvalue weighted by Crippen LogP contribution is 2.22. The molecule has 0 aliphatic carbocycles. The van der Waals surface area contributed by atoms with E-state index in [2.05, 4.69) is 5.32 Å². The minimum absolute atomic E-state index is 0.0325. The van der Waals surface area contributed by atoms with Gasteiger partial charge in [-0.25, -0.2) is 12.8 Å². The molecule has 0 saturated carbocycles. The lowest BCUT2D eigenvalue weighted by molar-refractivity contribution is 0.322. The monoisotopic (exact) mass is 303 g/mol. The summed E-state index contributed by atoms with van der Waals surface area (Å²) in [5, 5.41) is 3.19. The highest BCUT2D eigenvalue weighted by Gasteiger charge is 2.11. The van der Waals surface area contributed by atoms with E-state index in [4.69, 9.17) is 4.74 Å². The standard InChI is InChI=1S/C14H22FNO3S/c1-4-16-11(3)12-6-7-14(13(15)10-12)19-8-9-20(17,18)5-2/h6-7,10-11,16H,4-5,8-9H2,1-3H3. The number of halogens is 1. The third kappa shape index (κ3) is 5.09. The van der Waals surface area contributed by atoms with Crippen molar-refractivity contribution >= 4 is 9.84 Å². The zero-order valence-electron chi connectivity index (χ0n) is 12.1. The van der Waals surface area contributed by atoms with Crippen LogP contribution in [0.15, 0.2) is 18.2 Å². The van der Waals surface area contributed by atoms with Crippen LogP contribution in [0, 0.1) is 5.82 Å². The first kappa shape index (κ1) is 16.9. The molecule has 1 aromatic carbocycles. The molecule has 1 rings (SSSR count). The van der Waals surface area contributed by atoms with Crippen molar-refractivity contribution in [3.8, 4) is 5.75 Å². The van der Waals surface area contributed by atoms with Crippen LogP contribution in [0.3, 0.4) is 0 Å². The van der Waals surface area contributed by atoms with Crippen LogP contribution in [0.5, 0.6) is 5.75 Å². The van der Waals surface area contributed by atoms with Gasteiger partial charge in [-0.05, 0) is 31.2 Å². The molecule has 0 fully saturated rings. The Labute approximate surface area is 120 Å². The van der Waals surface area contributed by atoms with Gasteiger partial charge in [-0.1, -0.05) is 19.9 Å². The Morgan fingerprint density at radius 2 is 2.05 bits per heavy atom. The molecule has 6 heteroatoms. The molecule has 0 aliphatic rings. The van der Waals surface area contributed by atoms with Crippen molar-refractivity contribution in [1.29, 1.82) is 0 Å². The molecule has 0 bridgehead atoms. The van der Waals surface area contributed by atoms with Crippen molar-refractivity contribution in [3.05, 3.63) is 29.6 Å². The number of sulfone groups is 1. The summed E-state index contributed by atoms with van der Waals surface area (Å²) >= 11 is 0. The maximum absolute atomic E-state index is 13.9. The van der Waals surface area contributed by atoms with E-state index < -0.39 is 15.7 Å². The molecular weight excluding hydrogens is 281 g/mol. The molecule has 1 N–H and O–H groups in total. The van der Waals surface area contributed by atoms with E-state index in [0.717, 1.165) is 12.1 Å². The molecule has 0 heterocycles. The van der Waals surface area contributed by atoms with Gasteiger partial charge in [0, 0.05) is 11.8 Å². The number of benzene rings is 1. The Balaban J connectivity index is 2.65. The van der Waals surface area contributed by atoms with Gasteiger partial charge in [-0.3, -0.25) is 0 Å². The van der Waals surface area contributed by atoms with Crippen LogP contribution in [-0.4, -0.2) is 33.1 Å². The van der Waals surface area contributed by atoms with E-state index in [1.807, 2.05) is 13.8 Å². The Morgan fingerprint density at radius 1 is 1.35 bits per heavy atom. The zero-order chi connectivity index (χ0) is 15.2. The SMILES string of the molecule is CCNC(C)c1ccc(OCCS(=O)(=O)CC)c(F)c1. The lowest BCUT2D eigenvalue weighted by Gasteiger charge is -2.14. The van der Waals surface area contributed by atoms with Gasteiger partial charge in [0.05, 0.1) is 5.75 Å². The van der Waals surface area contributed by atoms with Gasteiger partial charge >= 0.3 is 0 Å². The first-order valence-corrected chi connectivity index (χ1v) is 8.57. The highest BCUT2D eigenvalue weighted by atomic mass is 32.2. The molecule has 1 atom stereocenters. The van der Waals surface area contributed by atoms with Gasteiger partial charge in [0.25, 0.3) is 0 Å². The zero-order valence-corrected chi connectivity index (χ0v) is 13.0.